The van der Waals surface area contributed by atoms with E-state index in [1.54, 1.807) is 24.2 Å². The van der Waals surface area contributed by atoms with Crippen molar-refractivity contribution in [2.75, 3.05) is 18.6 Å². The number of benzene rings is 2. The molecule has 3 aromatic rings. The molecule has 30 heavy (non-hydrogen) atoms. The Morgan fingerprint density at radius 2 is 1.93 bits per heavy atom. The zero-order valence-electron chi connectivity index (χ0n) is 17.7. The number of methoxy groups -OCH3 is 1. The fourth-order valence-electron chi connectivity index (χ4n) is 2.76. The van der Waals surface area contributed by atoms with Gasteiger partial charge >= 0.3 is 0 Å². The van der Waals surface area contributed by atoms with Gasteiger partial charge in [-0.15, -0.1) is 11.3 Å². The van der Waals surface area contributed by atoms with Gasteiger partial charge in [0.05, 0.1) is 25.1 Å². The zero-order valence-corrected chi connectivity index (χ0v) is 18.5. The van der Waals surface area contributed by atoms with Gasteiger partial charge in [-0.25, -0.2) is 4.98 Å². The lowest BCUT2D eigenvalue weighted by Crippen LogP contribution is -2.23. The number of thiazole rings is 1. The number of carbonyl (C=O) groups is 1. The highest BCUT2D eigenvalue weighted by molar-refractivity contribution is 7.14. The first-order chi connectivity index (χ1) is 14.5. The summed E-state index contributed by atoms with van der Waals surface area (Å²) < 4.78 is 11.2. The predicted octanol–water partition coefficient (Wildman–Crippen LogP) is 5.87. The van der Waals surface area contributed by atoms with Crippen LogP contribution in [0.25, 0.3) is 6.08 Å². The van der Waals surface area contributed by atoms with Crippen LogP contribution in [-0.2, 0) is 4.79 Å². The first-order valence-corrected chi connectivity index (χ1v) is 10.7. The van der Waals surface area contributed by atoms with Gasteiger partial charge in [-0.2, -0.15) is 0 Å². The Balaban J connectivity index is 1.83. The van der Waals surface area contributed by atoms with Crippen molar-refractivity contribution in [3.05, 3.63) is 71.2 Å². The summed E-state index contributed by atoms with van der Waals surface area (Å²) in [6, 6.07) is 15.1. The number of carbonyl (C=O) groups excluding carboxylic acids is 1. The number of rotatable bonds is 8. The molecule has 0 N–H and O–H groups in total. The maximum absolute atomic E-state index is 13.1. The molecule has 0 atom stereocenters. The van der Waals surface area contributed by atoms with Crippen LogP contribution in [0.4, 0.5) is 10.8 Å². The van der Waals surface area contributed by atoms with Crippen molar-refractivity contribution >= 4 is 34.1 Å². The van der Waals surface area contributed by atoms with Crippen molar-refractivity contribution in [3.63, 3.8) is 0 Å². The SMILES string of the molecule is COc1cc(/C=C/C(=O)N(c2ccccc2)c2nc(C)cs2)ccc1OCC(C)C. The molecule has 0 bridgehead atoms. The molecule has 1 amide bonds. The Hall–Kier alpha value is -3.12. The molecular formula is C24H26N2O3S. The number of hydrogen-bond acceptors (Lipinski definition) is 5. The number of amides is 1. The summed E-state index contributed by atoms with van der Waals surface area (Å²) in [4.78, 5) is 19.2. The van der Waals surface area contributed by atoms with E-state index in [0.717, 1.165) is 16.9 Å². The van der Waals surface area contributed by atoms with Gasteiger partial charge in [0.25, 0.3) is 5.91 Å². The first-order valence-electron chi connectivity index (χ1n) is 9.78. The normalized spacial score (nSPS) is 11.1. The molecule has 5 nitrogen and oxygen atoms in total. The molecule has 0 aliphatic rings. The molecule has 3 rings (SSSR count). The lowest BCUT2D eigenvalue weighted by atomic mass is 10.1. The third kappa shape index (κ3) is 5.48. The summed E-state index contributed by atoms with van der Waals surface area (Å²) >= 11 is 1.44. The third-order valence-electron chi connectivity index (χ3n) is 4.21. The molecule has 0 saturated heterocycles. The van der Waals surface area contributed by atoms with Crippen LogP contribution in [0.3, 0.4) is 0 Å². The molecule has 6 heteroatoms. The minimum atomic E-state index is -0.172. The van der Waals surface area contributed by atoms with Gasteiger partial charge in [0, 0.05) is 11.5 Å². The smallest absolute Gasteiger partial charge is 0.257 e. The number of hydrogen-bond donors (Lipinski definition) is 0. The zero-order chi connectivity index (χ0) is 21.5. The van der Waals surface area contributed by atoms with E-state index in [-0.39, 0.29) is 5.91 Å². The lowest BCUT2D eigenvalue weighted by Gasteiger charge is -2.18. The van der Waals surface area contributed by atoms with Crippen LogP contribution in [0.1, 0.15) is 25.1 Å². The molecule has 2 aromatic carbocycles. The number of aryl methyl sites for hydroxylation is 1. The van der Waals surface area contributed by atoms with E-state index in [1.807, 2.05) is 60.8 Å². The van der Waals surface area contributed by atoms with Gasteiger partial charge in [-0.1, -0.05) is 38.1 Å². The second-order valence-electron chi connectivity index (χ2n) is 7.23. The molecule has 0 fully saturated rings. The molecule has 0 aliphatic heterocycles. The maximum Gasteiger partial charge on any atom is 0.257 e. The summed E-state index contributed by atoms with van der Waals surface area (Å²) in [5, 5.41) is 2.58. The van der Waals surface area contributed by atoms with Crippen molar-refractivity contribution in [3.8, 4) is 11.5 Å². The van der Waals surface area contributed by atoms with E-state index < -0.39 is 0 Å². The Bertz CT molecular complexity index is 1010. The van der Waals surface area contributed by atoms with Crippen molar-refractivity contribution in [2.45, 2.75) is 20.8 Å². The number of aromatic nitrogens is 1. The summed E-state index contributed by atoms with van der Waals surface area (Å²) in [5.74, 6) is 1.58. The monoisotopic (exact) mass is 422 g/mol. The van der Waals surface area contributed by atoms with Gasteiger partial charge in [-0.3, -0.25) is 9.69 Å². The molecule has 0 radical (unpaired) electrons. The lowest BCUT2D eigenvalue weighted by molar-refractivity contribution is -0.113. The predicted molar refractivity (Wildman–Crippen MR) is 123 cm³/mol. The van der Waals surface area contributed by atoms with Crippen LogP contribution in [-0.4, -0.2) is 24.6 Å². The summed E-state index contributed by atoms with van der Waals surface area (Å²) in [6.07, 6.45) is 3.32. The van der Waals surface area contributed by atoms with Crippen LogP contribution >= 0.6 is 11.3 Å². The molecule has 0 aliphatic carbocycles. The van der Waals surface area contributed by atoms with Crippen molar-refractivity contribution < 1.29 is 14.3 Å². The standard InChI is InChI=1S/C24H26N2O3S/c1-17(2)15-29-21-12-10-19(14-22(21)28-4)11-13-23(27)26(20-8-6-5-7-9-20)24-25-18(3)16-30-24/h5-14,16-17H,15H2,1-4H3/b13-11+. The summed E-state index contributed by atoms with van der Waals surface area (Å²) in [7, 11) is 1.61. The highest BCUT2D eigenvalue weighted by Crippen LogP contribution is 2.30. The van der Waals surface area contributed by atoms with E-state index in [1.165, 1.54) is 11.3 Å². The van der Waals surface area contributed by atoms with Gasteiger partial charge in [0.1, 0.15) is 0 Å². The fourth-order valence-corrected chi connectivity index (χ4v) is 3.59. The molecule has 1 aromatic heterocycles. The van der Waals surface area contributed by atoms with Crippen LogP contribution in [0, 0.1) is 12.8 Å². The van der Waals surface area contributed by atoms with Crippen molar-refractivity contribution in [2.24, 2.45) is 5.92 Å². The number of anilines is 2. The van der Waals surface area contributed by atoms with Crippen molar-refractivity contribution in [1.29, 1.82) is 0 Å². The number of nitrogens with zero attached hydrogens (tertiary/aromatic N) is 2. The number of ether oxygens (including phenoxy) is 2. The Labute approximate surface area is 181 Å². The Kier molecular flexibility index (Phi) is 7.25. The van der Waals surface area contributed by atoms with Crippen LogP contribution in [0.15, 0.2) is 60.0 Å². The third-order valence-corrected chi connectivity index (χ3v) is 5.15. The van der Waals surface area contributed by atoms with Crippen LogP contribution < -0.4 is 14.4 Å². The second-order valence-corrected chi connectivity index (χ2v) is 8.07. The van der Waals surface area contributed by atoms with Gasteiger partial charge in [0.15, 0.2) is 16.6 Å². The van der Waals surface area contributed by atoms with Crippen molar-refractivity contribution in [1.82, 2.24) is 4.98 Å². The molecule has 0 saturated carbocycles. The summed E-state index contributed by atoms with van der Waals surface area (Å²) in [6.45, 7) is 6.72. The van der Waals surface area contributed by atoms with Crippen LogP contribution in [0.5, 0.6) is 11.5 Å². The molecular weight excluding hydrogens is 396 g/mol. The minimum absolute atomic E-state index is 0.172. The van der Waals surface area contributed by atoms with Crippen LogP contribution in [0.2, 0.25) is 0 Å². The fraction of sp³-hybridized carbons (Fsp3) is 0.250. The first kappa shape index (κ1) is 21.6. The minimum Gasteiger partial charge on any atom is -0.493 e. The van der Waals surface area contributed by atoms with Gasteiger partial charge in [-0.05, 0) is 48.7 Å². The second kappa shape index (κ2) is 10.1. The molecule has 1 heterocycles. The van der Waals surface area contributed by atoms with E-state index in [0.29, 0.717) is 29.2 Å². The largest absolute Gasteiger partial charge is 0.493 e. The quantitative estimate of drug-likeness (QED) is 0.426. The average molecular weight is 423 g/mol. The highest BCUT2D eigenvalue weighted by atomic mass is 32.1. The Morgan fingerprint density at radius 3 is 2.57 bits per heavy atom. The van der Waals surface area contributed by atoms with E-state index >= 15 is 0 Å². The maximum atomic E-state index is 13.1. The van der Waals surface area contributed by atoms with E-state index in [9.17, 15) is 4.79 Å². The summed E-state index contributed by atoms with van der Waals surface area (Å²) in [5.41, 5.74) is 2.51. The molecule has 0 spiro atoms. The topological polar surface area (TPSA) is 51.7 Å². The highest BCUT2D eigenvalue weighted by Gasteiger charge is 2.18. The van der Waals surface area contributed by atoms with Gasteiger partial charge in [0.2, 0.25) is 0 Å². The average Bonchev–Trinajstić information content (AvgIpc) is 3.17. The number of para-hydroxylation sites is 1. The molecule has 156 valence electrons. The van der Waals surface area contributed by atoms with E-state index in [4.69, 9.17) is 9.47 Å². The molecule has 0 unspecified atom stereocenters. The van der Waals surface area contributed by atoms with Gasteiger partial charge < -0.3 is 9.47 Å². The van der Waals surface area contributed by atoms with E-state index in [2.05, 4.69) is 18.8 Å². The Morgan fingerprint density at radius 1 is 1.17 bits per heavy atom.